The Morgan fingerprint density at radius 1 is 1.17 bits per heavy atom. The highest BCUT2D eigenvalue weighted by Gasteiger charge is 2.30. The molecule has 0 heterocycles. The molecule has 0 radical (unpaired) electrons. The fourth-order valence-electron chi connectivity index (χ4n) is 1.15. The molecule has 0 fully saturated rings. The summed E-state index contributed by atoms with van der Waals surface area (Å²) < 4.78 is 20.3. The highest BCUT2D eigenvalue weighted by Crippen LogP contribution is 2.03. The van der Waals surface area contributed by atoms with Gasteiger partial charge in [0.05, 0.1) is 26.4 Å². The Balaban J connectivity index is 3.49. The van der Waals surface area contributed by atoms with Crippen LogP contribution in [-0.2, 0) is 23.7 Å². The highest BCUT2D eigenvalue weighted by molar-refractivity contribution is 5.80. The van der Waals surface area contributed by atoms with Gasteiger partial charge in [-0.3, -0.25) is 0 Å². The minimum Gasteiger partial charge on any atom is -0.465 e. The van der Waals surface area contributed by atoms with Gasteiger partial charge in [0.2, 0.25) is 0 Å². The Kier molecular flexibility index (Phi) is 9.86. The maximum atomic E-state index is 11.4. The molecule has 1 atom stereocenters. The first-order valence-corrected chi connectivity index (χ1v) is 6.15. The number of methoxy groups -OCH3 is 1. The average molecular weight is 263 g/mol. The van der Waals surface area contributed by atoms with Gasteiger partial charge >= 0.3 is 5.97 Å². The average Bonchev–Trinajstić information content (AvgIpc) is 2.33. The Bertz CT molecular complexity index is 221. The monoisotopic (exact) mass is 263 g/mol. The summed E-state index contributed by atoms with van der Waals surface area (Å²) in [5.74, 6) is -0.443. The van der Waals surface area contributed by atoms with Gasteiger partial charge in [-0.05, 0) is 20.3 Å². The van der Waals surface area contributed by atoms with Crippen LogP contribution in [0.1, 0.15) is 20.3 Å². The second kappa shape index (κ2) is 10.3. The number of carbonyl (C=O) groups excluding carboxylic acids is 1. The molecule has 0 amide bonds. The molecule has 1 unspecified atom stereocenters. The Morgan fingerprint density at radius 3 is 2.44 bits per heavy atom. The minimum atomic E-state index is -1.09. The van der Waals surface area contributed by atoms with Crippen LogP contribution >= 0.6 is 0 Å². The summed E-state index contributed by atoms with van der Waals surface area (Å²) in [6, 6.07) is 0. The van der Waals surface area contributed by atoms with Crippen molar-refractivity contribution in [3.63, 3.8) is 0 Å². The molecule has 0 aliphatic heterocycles. The van der Waals surface area contributed by atoms with Crippen molar-refractivity contribution in [2.24, 2.45) is 5.73 Å². The summed E-state index contributed by atoms with van der Waals surface area (Å²) in [5, 5.41) is 0. The summed E-state index contributed by atoms with van der Waals surface area (Å²) in [4.78, 5) is 11.4. The maximum absolute atomic E-state index is 11.4. The lowest BCUT2D eigenvalue weighted by molar-refractivity contribution is -0.151. The summed E-state index contributed by atoms with van der Waals surface area (Å²) in [5.41, 5.74) is 4.69. The van der Waals surface area contributed by atoms with Crippen LogP contribution in [0.5, 0.6) is 0 Å². The molecule has 18 heavy (non-hydrogen) atoms. The van der Waals surface area contributed by atoms with Gasteiger partial charge in [0.1, 0.15) is 5.54 Å². The van der Waals surface area contributed by atoms with Crippen LogP contribution < -0.4 is 5.73 Å². The fourth-order valence-corrected chi connectivity index (χ4v) is 1.15. The zero-order chi connectivity index (χ0) is 13.9. The topological polar surface area (TPSA) is 80.0 Å². The van der Waals surface area contributed by atoms with E-state index < -0.39 is 11.5 Å². The molecule has 0 spiro atoms. The van der Waals surface area contributed by atoms with E-state index >= 15 is 0 Å². The zero-order valence-corrected chi connectivity index (χ0v) is 11.6. The normalized spacial score (nSPS) is 14.2. The SMILES string of the molecule is CCOC(=O)C(C)(N)COCCCOCCOC. The van der Waals surface area contributed by atoms with E-state index in [2.05, 4.69) is 0 Å². The molecule has 0 rings (SSSR count). The van der Waals surface area contributed by atoms with Crippen LogP contribution in [-0.4, -0.2) is 58.3 Å². The van der Waals surface area contributed by atoms with Gasteiger partial charge < -0.3 is 24.7 Å². The van der Waals surface area contributed by atoms with Crippen LogP contribution in [0, 0.1) is 0 Å². The molecule has 0 saturated carbocycles. The van der Waals surface area contributed by atoms with Gasteiger partial charge in [0.25, 0.3) is 0 Å². The number of ether oxygens (including phenoxy) is 4. The Morgan fingerprint density at radius 2 is 1.83 bits per heavy atom. The smallest absolute Gasteiger partial charge is 0.328 e. The van der Waals surface area contributed by atoms with E-state index in [1.807, 2.05) is 0 Å². The number of nitrogens with two attached hydrogens (primary N) is 1. The van der Waals surface area contributed by atoms with Crippen molar-refractivity contribution in [1.82, 2.24) is 0 Å². The number of hydrogen-bond donors (Lipinski definition) is 1. The Labute approximate surface area is 109 Å². The molecule has 0 aromatic rings. The van der Waals surface area contributed by atoms with E-state index in [1.54, 1.807) is 21.0 Å². The third-order valence-electron chi connectivity index (χ3n) is 2.15. The van der Waals surface area contributed by atoms with Crippen LogP contribution in [0.3, 0.4) is 0 Å². The van der Waals surface area contributed by atoms with Gasteiger partial charge in [-0.15, -0.1) is 0 Å². The van der Waals surface area contributed by atoms with Crippen molar-refractivity contribution in [3.8, 4) is 0 Å². The van der Waals surface area contributed by atoms with E-state index in [4.69, 9.17) is 24.7 Å². The van der Waals surface area contributed by atoms with E-state index in [0.717, 1.165) is 6.42 Å². The van der Waals surface area contributed by atoms with E-state index in [1.165, 1.54) is 0 Å². The second-order valence-electron chi connectivity index (χ2n) is 4.15. The van der Waals surface area contributed by atoms with Crippen LogP contribution in [0.25, 0.3) is 0 Å². The van der Waals surface area contributed by atoms with Crippen molar-refractivity contribution >= 4 is 5.97 Å². The van der Waals surface area contributed by atoms with E-state index in [-0.39, 0.29) is 6.61 Å². The van der Waals surface area contributed by atoms with Crippen molar-refractivity contribution in [3.05, 3.63) is 0 Å². The van der Waals surface area contributed by atoms with Crippen molar-refractivity contribution in [1.29, 1.82) is 0 Å². The zero-order valence-electron chi connectivity index (χ0n) is 11.6. The summed E-state index contributed by atoms with van der Waals surface area (Å²) in [6.45, 7) is 6.07. The molecule has 0 aromatic heterocycles. The standard InChI is InChI=1S/C12H25NO5/c1-4-18-11(14)12(2,13)10-17-7-5-6-16-9-8-15-3/h4-10,13H2,1-3H3. The fraction of sp³-hybridized carbons (Fsp3) is 0.917. The molecule has 0 aliphatic rings. The predicted octanol–water partition coefficient (Wildman–Crippen LogP) is 0.337. The Hall–Kier alpha value is -0.690. The molecule has 2 N–H and O–H groups in total. The van der Waals surface area contributed by atoms with E-state index in [9.17, 15) is 4.79 Å². The number of hydrogen-bond acceptors (Lipinski definition) is 6. The summed E-state index contributed by atoms with van der Waals surface area (Å²) in [7, 11) is 1.63. The number of esters is 1. The molecular formula is C12H25NO5. The molecule has 6 nitrogen and oxygen atoms in total. The van der Waals surface area contributed by atoms with Crippen LogP contribution in [0.2, 0.25) is 0 Å². The van der Waals surface area contributed by atoms with Crippen molar-refractivity contribution in [2.45, 2.75) is 25.8 Å². The maximum Gasteiger partial charge on any atom is 0.328 e. The third-order valence-corrected chi connectivity index (χ3v) is 2.15. The van der Waals surface area contributed by atoms with Gasteiger partial charge in [-0.25, -0.2) is 4.79 Å². The minimum absolute atomic E-state index is 0.143. The number of rotatable bonds is 11. The molecule has 0 bridgehead atoms. The summed E-state index contributed by atoms with van der Waals surface area (Å²) in [6.07, 6.45) is 0.753. The lowest BCUT2D eigenvalue weighted by Gasteiger charge is -2.21. The number of carbonyl (C=O) groups is 1. The van der Waals surface area contributed by atoms with Crippen LogP contribution in [0.15, 0.2) is 0 Å². The van der Waals surface area contributed by atoms with Crippen LogP contribution in [0.4, 0.5) is 0 Å². The molecule has 0 aromatic carbocycles. The van der Waals surface area contributed by atoms with Gasteiger partial charge in [-0.2, -0.15) is 0 Å². The molecule has 0 aliphatic carbocycles. The first kappa shape index (κ1) is 17.3. The predicted molar refractivity (Wildman–Crippen MR) is 67.4 cm³/mol. The lowest BCUT2D eigenvalue weighted by Crippen LogP contribution is -2.50. The van der Waals surface area contributed by atoms with Gasteiger partial charge in [-0.1, -0.05) is 0 Å². The van der Waals surface area contributed by atoms with Gasteiger partial charge in [0, 0.05) is 20.3 Å². The molecule has 108 valence electrons. The molecule has 0 saturated heterocycles. The first-order chi connectivity index (χ1) is 8.54. The van der Waals surface area contributed by atoms with Crippen molar-refractivity contribution < 1.29 is 23.7 Å². The van der Waals surface area contributed by atoms with E-state index in [0.29, 0.717) is 33.0 Å². The third kappa shape index (κ3) is 8.41. The largest absolute Gasteiger partial charge is 0.465 e. The van der Waals surface area contributed by atoms with Gasteiger partial charge in [0.15, 0.2) is 0 Å². The first-order valence-electron chi connectivity index (χ1n) is 6.15. The second-order valence-corrected chi connectivity index (χ2v) is 4.15. The molecular weight excluding hydrogens is 238 g/mol. The molecule has 6 heteroatoms. The summed E-state index contributed by atoms with van der Waals surface area (Å²) >= 11 is 0. The van der Waals surface area contributed by atoms with Crippen molar-refractivity contribution in [2.75, 3.05) is 46.8 Å². The highest BCUT2D eigenvalue weighted by atomic mass is 16.5. The quantitative estimate of drug-likeness (QED) is 0.427. The lowest BCUT2D eigenvalue weighted by atomic mass is 10.1.